The van der Waals surface area contributed by atoms with Crippen LogP contribution in [0.2, 0.25) is 0 Å². The minimum Gasteiger partial charge on any atom is -0.327 e. The van der Waals surface area contributed by atoms with Crippen molar-refractivity contribution >= 4 is 15.9 Å². The molecule has 1 saturated carbocycles. The number of halogens is 1. The van der Waals surface area contributed by atoms with Crippen LogP contribution in [0.5, 0.6) is 0 Å². The molecule has 1 aromatic carbocycles. The molecule has 2 unspecified atom stereocenters. The third-order valence-corrected chi connectivity index (χ3v) is 3.40. The van der Waals surface area contributed by atoms with Gasteiger partial charge in [-0.2, -0.15) is 0 Å². The lowest BCUT2D eigenvalue weighted by Gasteiger charge is -2.15. The Hall–Kier alpha value is -0.340. The maximum absolute atomic E-state index is 6.04. The van der Waals surface area contributed by atoms with E-state index in [4.69, 9.17) is 5.73 Å². The highest BCUT2D eigenvalue weighted by Gasteiger charge is 2.24. The van der Waals surface area contributed by atoms with Crippen LogP contribution in [-0.4, -0.2) is 6.04 Å². The highest BCUT2D eigenvalue weighted by molar-refractivity contribution is 9.10. The molecule has 1 aliphatic rings. The maximum atomic E-state index is 6.04. The van der Waals surface area contributed by atoms with Gasteiger partial charge >= 0.3 is 0 Å². The van der Waals surface area contributed by atoms with Crippen molar-refractivity contribution in [3.05, 3.63) is 34.3 Å². The molecule has 0 aliphatic heterocycles. The van der Waals surface area contributed by atoms with Crippen molar-refractivity contribution in [1.82, 2.24) is 0 Å². The van der Waals surface area contributed by atoms with E-state index in [1.165, 1.54) is 24.8 Å². The summed E-state index contributed by atoms with van der Waals surface area (Å²) in [4.78, 5) is 0. The molecule has 0 bridgehead atoms. The summed E-state index contributed by atoms with van der Waals surface area (Å²) in [6.07, 6.45) is 3.71. The summed E-state index contributed by atoms with van der Waals surface area (Å²) in [6.45, 7) is 0. The largest absolute Gasteiger partial charge is 0.327 e. The molecular weight excluding hydrogens is 226 g/mol. The summed E-state index contributed by atoms with van der Waals surface area (Å²) in [5.41, 5.74) is 7.43. The molecule has 70 valence electrons. The molecule has 13 heavy (non-hydrogen) atoms. The van der Waals surface area contributed by atoms with Crippen molar-refractivity contribution in [2.24, 2.45) is 5.73 Å². The summed E-state index contributed by atoms with van der Waals surface area (Å²) in [5, 5.41) is 0. The summed E-state index contributed by atoms with van der Waals surface area (Å²) in [7, 11) is 0. The van der Waals surface area contributed by atoms with Gasteiger partial charge in [0.05, 0.1) is 0 Å². The van der Waals surface area contributed by atoms with Crippen LogP contribution in [0.3, 0.4) is 0 Å². The Bertz CT molecular complexity index is 281. The fraction of sp³-hybridized carbons (Fsp3) is 0.455. The van der Waals surface area contributed by atoms with Gasteiger partial charge in [-0.1, -0.05) is 34.5 Å². The van der Waals surface area contributed by atoms with Crippen molar-refractivity contribution in [3.8, 4) is 0 Å². The van der Waals surface area contributed by atoms with Crippen molar-refractivity contribution in [2.75, 3.05) is 0 Å². The fourth-order valence-corrected chi connectivity index (χ4v) is 2.38. The molecule has 1 aromatic rings. The van der Waals surface area contributed by atoms with Crippen LogP contribution in [0, 0.1) is 0 Å². The van der Waals surface area contributed by atoms with E-state index in [0.29, 0.717) is 12.0 Å². The Kier molecular flexibility index (Phi) is 2.70. The second-order valence-corrected chi connectivity index (χ2v) is 4.67. The highest BCUT2D eigenvalue weighted by Crippen LogP contribution is 2.33. The molecule has 0 amide bonds. The molecule has 2 N–H and O–H groups in total. The van der Waals surface area contributed by atoms with Gasteiger partial charge < -0.3 is 5.73 Å². The van der Waals surface area contributed by atoms with Gasteiger partial charge in [-0.15, -0.1) is 0 Å². The fourth-order valence-electron chi connectivity index (χ4n) is 2.11. The zero-order valence-corrected chi connectivity index (χ0v) is 9.13. The minimum absolute atomic E-state index is 0.376. The average Bonchev–Trinajstić information content (AvgIpc) is 2.53. The third kappa shape index (κ3) is 1.94. The topological polar surface area (TPSA) is 26.0 Å². The van der Waals surface area contributed by atoms with Crippen molar-refractivity contribution in [1.29, 1.82) is 0 Å². The molecule has 2 rings (SSSR count). The Labute approximate surface area is 87.5 Å². The second-order valence-electron chi connectivity index (χ2n) is 3.75. The van der Waals surface area contributed by atoms with Crippen LogP contribution < -0.4 is 5.73 Å². The van der Waals surface area contributed by atoms with Gasteiger partial charge in [-0.05, 0) is 36.5 Å². The lowest BCUT2D eigenvalue weighted by Crippen LogP contribution is -2.22. The summed E-state index contributed by atoms with van der Waals surface area (Å²) in [6, 6.07) is 8.93. The lowest BCUT2D eigenvalue weighted by atomic mass is 9.95. The quantitative estimate of drug-likeness (QED) is 0.802. The van der Waals surface area contributed by atoms with Crippen LogP contribution in [0.15, 0.2) is 28.7 Å². The monoisotopic (exact) mass is 239 g/mol. The van der Waals surface area contributed by atoms with Crippen LogP contribution in [0.1, 0.15) is 30.7 Å². The van der Waals surface area contributed by atoms with E-state index < -0.39 is 0 Å². The van der Waals surface area contributed by atoms with Gasteiger partial charge in [-0.3, -0.25) is 0 Å². The minimum atomic E-state index is 0.376. The van der Waals surface area contributed by atoms with Gasteiger partial charge in [0, 0.05) is 10.5 Å². The van der Waals surface area contributed by atoms with E-state index in [9.17, 15) is 0 Å². The van der Waals surface area contributed by atoms with Gasteiger partial charge in [0.25, 0.3) is 0 Å². The number of hydrogen-bond donors (Lipinski definition) is 1. The molecule has 0 radical (unpaired) electrons. The van der Waals surface area contributed by atoms with Crippen LogP contribution in [0.4, 0.5) is 0 Å². The molecule has 1 fully saturated rings. The third-order valence-electron chi connectivity index (χ3n) is 2.87. The molecule has 0 saturated heterocycles. The van der Waals surface area contributed by atoms with E-state index in [1.54, 1.807) is 0 Å². The van der Waals surface area contributed by atoms with E-state index in [2.05, 4.69) is 40.2 Å². The first-order valence-corrected chi connectivity index (χ1v) is 5.58. The van der Waals surface area contributed by atoms with E-state index in [-0.39, 0.29) is 0 Å². The number of hydrogen-bond acceptors (Lipinski definition) is 1. The Balaban J connectivity index is 2.20. The van der Waals surface area contributed by atoms with Crippen LogP contribution in [-0.2, 0) is 0 Å². The van der Waals surface area contributed by atoms with E-state index in [0.717, 1.165) is 4.47 Å². The number of rotatable bonds is 1. The predicted octanol–water partition coefficient (Wildman–Crippen LogP) is 3.04. The molecule has 0 heterocycles. The zero-order valence-electron chi connectivity index (χ0n) is 7.54. The smallest absolute Gasteiger partial charge is 0.0175 e. The number of benzene rings is 1. The first kappa shape index (κ1) is 9.22. The maximum Gasteiger partial charge on any atom is 0.0175 e. The Morgan fingerprint density at radius 2 is 1.85 bits per heavy atom. The molecule has 0 aromatic heterocycles. The SMILES string of the molecule is NC1CCCC1c1ccc(Br)cc1. The standard InChI is InChI=1S/C11H14BrN/c12-9-6-4-8(5-7-9)10-2-1-3-11(10)13/h4-7,10-11H,1-3,13H2. The molecule has 2 heteroatoms. The van der Waals surface area contributed by atoms with Gasteiger partial charge in [0.15, 0.2) is 0 Å². The van der Waals surface area contributed by atoms with E-state index >= 15 is 0 Å². The normalized spacial score (nSPS) is 27.8. The molecule has 2 atom stereocenters. The van der Waals surface area contributed by atoms with Gasteiger partial charge in [-0.25, -0.2) is 0 Å². The second kappa shape index (κ2) is 3.81. The van der Waals surface area contributed by atoms with Gasteiger partial charge in [0.2, 0.25) is 0 Å². The average molecular weight is 240 g/mol. The molecule has 1 aliphatic carbocycles. The van der Waals surface area contributed by atoms with Crippen LogP contribution >= 0.6 is 15.9 Å². The van der Waals surface area contributed by atoms with E-state index in [1.807, 2.05) is 0 Å². The summed E-state index contributed by atoms with van der Waals surface area (Å²) >= 11 is 3.44. The summed E-state index contributed by atoms with van der Waals surface area (Å²) in [5.74, 6) is 0.591. The van der Waals surface area contributed by atoms with Crippen molar-refractivity contribution in [2.45, 2.75) is 31.2 Å². The van der Waals surface area contributed by atoms with Crippen LogP contribution in [0.25, 0.3) is 0 Å². The zero-order chi connectivity index (χ0) is 9.26. The van der Waals surface area contributed by atoms with Crippen molar-refractivity contribution in [3.63, 3.8) is 0 Å². The van der Waals surface area contributed by atoms with Gasteiger partial charge in [0.1, 0.15) is 0 Å². The number of nitrogens with two attached hydrogens (primary N) is 1. The Morgan fingerprint density at radius 1 is 1.15 bits per heavy atom. The molecular formula is C11H14BrN. The molecule has 0 spiro atoms. The van der Waals surface area contributed by atoms with Crippen molar-refractivity contribution < 1.29 is 0 Å². The predicted molar refractivity (Wildman–Crippen MR) is 58.7 cm³/mol. The first-order valence-electron chi connectivity index (χ1n) is 4.78. The lowest BCUT2D eigenvalue weighted by molar-refractivity contribution is 0.613. The first-order chi connectivity index (χ1) is 6.27. The highest BCUT2D eigenvalue weighted by atomic mass is 79.9. The Morgan fingerprint density at radius 3 is 2.38 bits per heavy atom. The summed E-state index contributed by atoms with van der Waals surface area (Å²) < 4.78 is 1.14. The molecule has 1 nitrogen and oxygen atoms in total.